The van der Waals surface area contributed by atoms with Crippen molar-refractivity contribution < 1.29 is 0 Å². The van der Waals surface area contributed by atoms with E-state index in [1.165, 1.54) is 16.5 Å². The molecular weight excluding hydrogens is 399 g/mol. The maximum Gasteiger partial charge on any atom is 0.193 e. The fraction of sp³-hybridized carbons (Fsp3) is 0.167. The Labute approximate surface area is 153 Å². The van der Waals surface area contributed by atoms with Crippen molar-refractivity contribution in [1.82, 2.24) is 4.98 Å². The zero-order valence-corrected chi connectivity index (χ0v) is 15.2. The molecular formula is C18H21IN4. The van der Waals surface area contributed by atoms with E-state index < -0.39 is 0 Å². The van der Waals surface area contributed by atoms with Crippen molar-refractivity contribution in [3.05, 3.63) is 66.4 Å². The summed E-state index contributed by atoms with van der Waals surface area (Å²) in [4.78, 5) is 7.67. The summed E-state index contributed by atoms with van der Waals surface area (Å²) in [5.41, 5.74) is 9.37. The molecule has 0 amide bonds. The third-order valence-electron chi connectivity index (χ3n) is 3.61. The van der Waals surface area contributed by atoms with Crippen molar-refractivity contribution in [2.75, 3.05) is 11.9 Å². The number of hydrogen-bond acceptors (Lipinski definition) is 1. The van der Waals surface area contributed by atoms with Gasteiger partial charge in [-0.25, -0.2) is 0 Å². The van der Waals surface area contributed by atoms with Crippen LogP contribution in [0, 0.1) is 0 Å². The van der Waals surface area contributed by atoms with Crippen LogP contribution >= 0.6 is 24.0 Å². The molecule has 0 bridgehead atoms. The van der Waals surface area contributed by atoms with Gasteiger partial charge in [0, 0.05) is 29.3 Å². The van der Waals surface area contributed by atoms with Crippen molar-refractivity contribution in [3.63, 3.8) is 0 Å². The Kier molecular flexibility index (Phi) is 6.46. The zero-order chi connectivity index (χ0) is 15.2. The van der Waals surface area contributed by atoms with Crippen LogP contribution in [0.25, 0.3) is 10.9 Å². The first-order valence-corrected chi connectivity index (χ1v) is 7.50. The summed E-state index contributed by atoms with van der Waals surface area (Å²) in [6.07, 6.45) is 4.05. The molecule has 0 fully saturated rings. The highest BCUT2D eigenvalue weighted by molar-refractivity contribution is 14.0. The van der Waals surface area contributed by atoms with Gasteiger partial charge in [0.05, 0.1) is 0 Å². The van der Waals surface area contributed by atoms with Crippen LogP contribution in [0.1, 0.15) is 12.0 Å². The van der Waals surface area contributed by atoms with Gasteiger partial charge < -0.3 is 16.0 Å². The number of nitrogens with zero attached hydrogens (tertiary/aromatic N) is 1. The molecule has 0 saturated heterocycles. The second kappa shape index (κ2) is 8.57. The molecule has 1 heterocycles. The summed E-state index contributed by atoms with van der Waals surface area (Å²) >= 11 is 0. The van der Waals surface area contributed by atoms with Gasteiger partial charge in [-0.2, -0.15) is 0 Å². The lowest BCUT2D eigenvalue weighted by Crippen LogP contribution is -2.22. The highest BCUT2D eigenvalue weighted by Gasteiger charge is 2.02. The highest BCUT2D eigenvalue weighted by Crippen LogP contribution is 2.18. The van der Waals surface area contributed by atoms with E-state index in [2.05, 4.69) is 39.7 Å². The number of nitrogens with one attached hydrogen (secondary N) is 2. The number of aromatic amines is 1. The molecule has 0 aliphatic carbocycles. The van der Waals surface area contributed by atoms with Crippen LogP contribution in [-0.2, 0) is 6.42 Å². The van der Waals surface area contributed by atoms with E-state index in [0.717, 1.165) is 18.5 Å². The lowest BCUT2D eigenvalue weighted by Gasteiger charge is -2.05. The van der Waals surface area contributed by atoms with Gasteiger partial charge in [0.1, 0.15) is 0 Å². The molecule has 3 rings (SSSR count). The number of para-hydroxylation sites is 2. The van der Waals surface area contributed by atoms with E-state index in [0.29, 0.717) is 12.5 Å². The molecule has 0 spiro atoms. The quantitative estimate of drug-likeness (QED) is 0.251. The number of fused-ring (bicyclic) bond motifs is 1. The van der Waals surface area contributed by atoms with Crippen molar-refractivity contribution in [3.8, 4) is 0 Å². The topological polar surface area (TPSA) is 66.2 Å². The fourth-order valence-corrected chi connectivity index (χ4v) is 2.52. The third-order valence-corrected chi connectivity index (χ3v) is 3.61. The minimum atomic E-state index is 0. The Morgan fingerprint density at radius 1 is 1.04 bits per heavy atom. The lowest BCUT2D eigenvalue weighted by molar-refractivity contribution is 0.836. The van der Waals surface area contributed by atoms with Gasteiger partial charge in [-0.1, -0.05) is 36.4 Å². The normalized spacial score (nSPS) is 11.2. The number of anilines is 1. The van der Waals surface area contributed by atoms with Crippen LogP contribution in [0.15, 0.2) is 65.8 Å². The van der Waals surface area contributed by atoms with Crippen LogP contribution < -0.4 is 11.1 Å². The standard InChI is InChI=1S/C18H20N4.HI/c19-18(22-15-8-2-1-3-9-15)20-12-6-7-14-13-21-17-11-5-4-10-16(14)17;/h1-5,8-11,13,21H,6-7,12H2,(H3,19,20,22);1H. The van der Waals surface area contributed by atoms with E-state index in [1.807, 2.05) is 36.4 Å². The Bertz CT molecular complexity index is 765. The van der Waals surface area contributed by atoms with E-state index >= 15 is 0 Å². The second-order valence-electron chi connectivity index (χ2n) is 5.22. The highest BCUT2D eigenvalue weighted by atomic mass is 127. The first-order chi connectivity index (χ1) is 10.8. The maximum absolute atomic E-state index is 5.89. The number of halogens is 1. The average molecular weight is 420 g/mol. The molecule has 4 nitrogen and oxygen atoms in total. The molecule has 0 unspecified atom stereocenters. The smallest absolute Gasteiger partial charge is 0.193 e. The predicted molar refractivity (Wildman–Crippen MR) is 109 cm³/mol. The summed E-state index contributed by atoms with van der Waals surface area (Å²) in [5, 5.41) is 4.38. The molecule has 4 N–H and O–H groups in total. The monoisotopic (exact) mass is 420 g/mol. The number of rotatable bonds is 5. The van der Waals surface area contributed by atoms with Crippen molar-refractivity contribution >= 4 is 46.5 Å². The minimum absolute atomic E-state index is 0. The molecule has 5 heteroatoms. The molecule has 0 aliphatic heterocycles. The molecule has 0 radical (unpaired) electrons. The number of guanidine groups is 1. The molecule has 0 saturated carbocycles. The van der Waals surface area contributed by atoms with Gasteiger partial charge in [-0.3, -0.25) is 4.99 Å². The number of aromatic nitrogens is 1. The summed E-state index contributed by atoms with van der Waals surface area (Å²) in [6, 6.07) is 18.2. The molecule has 0 aliphatic rings. The van der Waals surface area contributed by atoms with Crippen LogP contribution in [-0.4, -0.2) is 17.5 Å². The van der Waals surface area contributed by atoms with Gasteiger partial charge in [-0.05, 0) is 36.6 Å². The third kappa shape index (κ3) is 4.72. The summed E-state index contributed by atoms with van der Waals surface area (Å²) in [6.45, 7) is 0.713. The average Bonchev–Trinajstić information content (AvgIpc) is 2.96. The molecule has 23 heavy (non-hydrogen) atoms. The van der Waals surface area contributed by atoms with Crippen molar-refractivity contribution in [2.45, 2.75) is 12.8 Å². The first kappa shape index (κ1) is 17.3. The van der Waals surface area contributed by atoms with Crippen LogP contribution in [0.3, 0.4) is 0 Å². The number of aliphatic imine (C=N–C) groups is 1. The Hall–Kier alpha value is -2.02. The first-order valence-electron chi connectivity index (χ1n) is 7.50. The number of hydrogen-bond donors (Lipinski definition) is 3. The Morgan fingerprint density at radius 3 is 2.61 bits per heavy atom. The number of nitrogens with two attached hydrogens (primary N) is 1. The minimum Gasteiger partial charge on any atom is -0.370 e. The van der Waals surface area contributed by atoms with E-state index in [4.69, 9.17) is 5.73 Å². The Balaban J connectivity index is 0.00000192. The van der Waals surface area contributed by atoms with Crippen LogP contribution in [0.4, 0.5) is 5.69 Å². The molecule has 2 aromatic carbocycles. The predicted octanol–water partition coefficient (Wildman–Crippen LogP) is 4.15. The van der Waals surface area contributed by atoms with E-state index in [-0.39, 0.29) is 24.0 Å². The lowest BCUT2D eigenvalue weighted by atomic mass is 10.1. The Morgan fingerprint density at radius 2 is 1.78 bits per heavy atom. The van der Waals surface area contributed by atoms with Crippen molar-refractivity contribution in [1.29, 1.82) is 0 Å². The number of aryl methyl sites for hydroxylation is 1. The van der Waals surface area contributed by atoms with E-state index in [9.17, 15) is 0 Å². The van der Waals surface area contributed by atoms with Crippen LogP contribution in [0.5, 0.6) is 0 Å². The summed E-state index contributed by atoms with van der Waals surface area (Å²) < 4.78 is 0. The number of H-pyrrole nitrogens is 1. The number of benzene rings is 2. The van der Waals surface area contributed by atoms with Gasteiger partial charge in [0.2, 0.25) is 0 Å². The summed E-state index contributed by atoms with van der Waals surface area (Å²) in [7, 11) is 0. The van der Waals surface area contributed by atoms with Crippen LogP contribution in [0.2, 0.25) is 0 Å². The second-order valence-corrected chi connectivity index (χ2v) is 5.22. The van der Waals surface area contributed by atoms with E-state index in [1.54, 1.807) is 0 Å². The largest absolute Gasteiger partial charge is 0.370 e. The van der Waals surface area contributed by atoms with Gasteiger partial charge in [0.25, 0.3) is 0 Å². The molecule has 120 valence electrons. The maximum atomic E-state index is 5.89. The van der Waals surface area contributed by atoms with Crippen molar-refractivity contribution in [2.24, 2.45) is 10.7 Å². The molecule has 0 atom stereocenters. The van der Waals surface area contributed by atoms with Gasteiger partial charge >= 0.3 is 0 Å². The zero-order valence-electron chi connectivity index (χ0n) is 12.8. The molecule has 1 aromatic heterocycles. The summed E-state index contributed by atoms with van der Waals surface area (Å²) in [5.74, 6) is 0.463. The van der Waals surface area contributed by atoms with Gasteiger partial charge in [-0.15, -0.1) is 24.0 Å². The fourth-order valence-electron chi connectivity index (χ4n) is 2.52. The molecule has 3 aromatic rings. The SMILES string of the molecule is I.NC(=NCCCc1c[nH]c2ccccc12)Nc1ccccc1. The van der Waals surface area contributed by atoms with Gasteiger partial charge in [0.15, 0.2) is 5.96 Å².